The molecule has 0 spiro atoms. The van der Waals surface area contributed by atoms with Gasteiger partial charge in [-0.05, 0) is 55.4 Å². The molecule has 5 heteroatoms. The first-order valence-corrected chi connectivity index (χ1v) is 8.36. The van der Waals surface area contributed by atoms with Gasteiger partial charge in [0.2, 0.25) is 17.7 Å². The van der Waals surface area contributed by atoms with E-state index in [0.717, 1.165) is 22.4 Å². The summed E-state index contributed by atoms with van der Waals surface area (Å²) < 4.78 is 0. The third-order valence-corrected chi connectivity index (χ3v) is 5.65. The number of hydrogen-bond donors (Lipinski definition) is 1. The molecule has 1 aromatic rings. The quantitative estimate of drug-likeness (QED) is 0.683. The summed E-state index contributed by atoms with van der Waals surface area (Å²) in [5, 5.41) is 2.78. The van der Waals surface area contributed by atoms with Crippen molar-refractivity contribution in [3.63, 3.8) is 0 Å². The van der Waals surface area contributed by atoms with E-state index in [1.54, 1.807) is 0 Å². The Balaban J connectivity index is 1.46. The lowest BCUT2D eigenvalue weighted by Crippen LogP contribution is -2.39. The van der Waals surface area contributed by atoms with Crippen LogP contribution in [0.25, 0.3) is 0 Å². The third-order valence-electron chi connectivity index (χ3n) is 5.65. The number of likely N-dealkylation sites (tertiary alicyclic amines) is 1. The molecule has 3 aliphatic rings. The molecule has 24 heavy (non-hydrogen) atoms. The average molecular weight is 324 g/mol. The van der Waals surface area contributed by atoms with Crippen LogP contribution in [0.2, 0.25) is 0 Å². The number of nitrogens with one attached hydrogen (secondary N) is 1. The number of amides is 3. The molecule has 2 bridgehead atoms. The van der Waals surface area contributed by atoms with E-state index in [0.29, 0.717) is 5.69 Å². The molecule has 0 unspecified atom stereocenters. The minimum atomic E-state index is -0.333. The number of fused-ring (bicyclic) bond motifs is 5. The first-order chi connectivity index (χ1) is 11.5. The molecule has 2 fully saturated rings. The lowest BCUT2D eigenvalue weighted by molar-refractivity contribution is -0.143. The summed E-state index contributed by atoms with van der Waals surface area (Å²) in [6, 6.07) is 5.65. The lowest BCUT2D eigenvalue weighted by atomic mass is 9.85. The molecular weight excluding hydrogens is 304 g/mol. The molecule has 1 aliphatic heterocycles. The summed E-state index contributed by atoms with van der Waals surface area (Å²) >= 11 is 0. The molecule has 0 aromatic heterocycles. The predicted octanol–water partition coefficient (Wildman–Crippen LogP) is 2.05. The fourth-order valence-electron chi connectivity index (χ4n) is 4.28. The Morgan fingerprint density at radius 1 is 1.08 bits per heavy atom. The standard InChI is InChI=1S/C19H20N2O3/c1-10-3-6-14(7-11(10)2)20-15(22)9-21-18(23)16-12-4-5-13(8-12)17(16)19(21)24/h3-7,12-13,16-17H,8-9H2,1-2H3,(H,20,22)/t12-,13+,16-,17+. The van der Waals surface area contributed by atoms with Crippen LogP contribution in [-0.4, -0.2) is 29.2 Å². The Morgan fingerprint density at radius 3 is 2.29 bits per heavy atom. The second-order valence-corrected chi connectivity index (χ2v) is 7.11. The number of benzene rings is 1. The van der Waals surface area contributed by atoms with Gasteiger partial charge in [-0.2, -0.15) is 0 Å². The third kappa shape index (κ3) is 2.19. The van der Waals surface area contributed by atoms with Gasteiger partial charge < -0.3 is 5.32 Å². The maximum absolute atomic E-state index is 12.6. The fraction of sp³-hybridized carbons (Fsp3) is 0.421. The molecule has 5 nitrogen and oxygen atoms in total. The van der Waals surface area contributed by atoms with Crippen LogP contribution in [-0.2, 0) is 14.4 Å². The summed E-state index contributed by atoms with van der Waals surface area (Å²) in [7, 11) is 0. The minimum Gasteiger partial charge on any atom is -0.325 e. The summed E-state index contributed by atoms with van der Waals surface area (Å²) in [6.07, 6.45) is 5.00. The molecule has 0 radical (unpaired) electrons. The Labute approximate surface area is 140 Å². The van der Waals surface area contributed by atoms with Crippen molar-refractivity contribution in [1.82, 2.24) is 4.90 Å². The molecule has 2 aliphatic carbocycles. The summed E-state index contributed by atoms with van der Waals surface area (Å²) in [4.78, 5) is 38.6. The van der Waals surface area contributed by atoms with Gasteiger partial charge in [0.25, 0.3) is 0 Å². The number of allylic oxidation sites excluding steroid dienone is 2. The van der Waals surface area contributed by atoms with Crippen LogP contribution in [0.5, 0.6) is 0 Å². The Hall–Kier alpha value is -2.43. The highest BCUT2D eigenvalue weighted by Gasteiger charge is 2.59. The number of hydrogen-bond acceptors (Lipinski definition) is 3. The van der Waals surface area contributed by atoms with E-state index in [9.17, 15) is 14.4 Å². The van der Waals surface area contributed by atoms with E-state index in [1.165, 1.54) is 0 Å². The van der Waals surface area contributed by atoms with Crippen LogP contribution in [0.1, 0.15) is 17.5 Å². The number of carbonyl (C=O) groups excluding carboxylic acids is 3. The van der Waals surface area contributed by atoms with Gasteiger partial charge in [0.15, 0.2) is 0 Å². The SMILES string of the molecule is Cc1ccc(NC(=O)CN2C(=O)[C@@H]3[C@H](C2=O)[C@@H]2C=C[C@H]3C2)cc1C. The van der Waals surface area contributed by atoms with Gasteiger partial charge >= 0.3 is 0 Å². The van der Waals surface area contributed by atoms with E-state index in [2.05, 4.69) is 17.5 Å². The predicted molar refractivity (Wildman–Crippen MR) is 89.0 cm³/mol. The first kappa shape index (κ1) is 15.1. The molecule has 4 atom stereocenters. The van der Waals surface area contributed by atoms with Crippen molar-refractivity contribution in [3.05, 3.63) is 41.5 Å². The number of imide groups is 1. The number of aryl methyl sites for hydroxylation is 2. The van der Waals surface area contributed by atoms with E-state index in [4.69, 9.17) is 0 Å². The molecule has 124 valence electrons. The first-order valence-electron chi connectivity index (χ1n) is 8.36. The van der Waals surface area contributed by atoms with Gasteiger partial charge in [-0.15, -0.1) is 0 Å². The normalized spacial score (nSPS) is 30.2. The van der Waals surface area contributed by atoms with Crippen molar-refractivity contribution in [2.45, 2.75) is 20.3 Å². The van der Waals surface area contributed by atoms with Gasteiger partial charge in [-0.3, -0.25) is 19.3 Å². The van der Waals surface area contributed by atoms with Gasteiger partial charge in [-0.1, -0.05) is 18.2 Å². The number of anilines is 1. The average Bonchev–Trinajstić information content (AvgIpc) is 3.21. The van der Waals surface area contributed by atoms with Crippen LogP contribution < -0.4 is 5.32 Å². The molecular formula is C19H20N2O3. The van der Waals surface area contributed by atoms with E-state index >= 15 is 0 Å². The van der Waals surface area contributed by atoms with Gasteiger partial charge in [0.1, 0.15) is 6.54 Å². The minimum absolute atomic E-state index is 0.171. The highest BCUT2D eigenvalue weighted by Crippen LogP contribution is 2.52. The van der Waals surface area contributed by atoms with E-state index < -0.39 is 0 Å². The van der Waals surface area contributed by atoms with Gasteiger partial charge in [-0.25, -0.2) is 0 Å². The maximum atomic E-state index is 12.6. The number of nitrogens with zero attached hydrogens (tertiary/aromatic N) is 1. The van der Waals surface area contributed by atoms with Crippen molar-refractivity contribution in [1.29, 1.82) is 0 Å². The monoisotopic (exact) mass is 324 g/mol. The number of carbonyl (C=O) groups is 3. The Kier molecular flexibility index (Phi) is 3.34. The van der Waals surface area contributed by atoms with Gasteiger partial charge in [0, 0.05) is 5.69 Å². The van der Waals surface area contributed by atoms with Crippen LogP contribution in [0.4, 0.5) is 5.69 Å². The van der Waals surface area contributed by atoms with Crippen LogP contribution >= 0.6 is 0 Å². The smallest absolute Gasteiger partial charge is 0.244 e. The molecule has 1 aromatic carbocycles. The van der Waals surface area contributed by atoms with Crippen LogP contribution in [0.3, 0.4) is 0 Å². The highest BCUT2D eigenvalue weighted by atomic mass is 16.2. The second kappa shape index (κ2) is 5.30. The zero-order valence-electron chi connectivity index (χ0n) is 13.8. The number of rotatable bonds is 3. The molecule has 1 heterocycles. The highest BCUT2D eigenvalue weighted by molar-refractivity contribution is 6.09. The zero-order valence-corrected chi connectivity index (χ0v) is 13.8. The molecule has 1 saturated heterocycles. The summed E-state index contributed by atoms with van der Waals surface area (Å²) in [5.41, 5.74) is 2.91. The molecule has 1 saturated carbocycles. The molecule has 3 amide bonds. The Bertz CT molecular complexity index is 753. The van der Waals surface area contributed by atoms with Crippen molar-refractivity contribution >= 4 is 23.4 Å². The van der Waals surface area contributed by atoms with Gasteiger partial charge in [0.05, 0.1) is 11.8 Å². The molecule has 4 rings (SSSR count). The largest absolute Gasteiger partial charge is 0.325 e. The van der Waals surface area contributed by atoms with E-state index in [1.807, 2.05) is 32.0 Å². The summed E-state index contributed by atoms with van der Waals surface area (Å²) in [6.45, 7) is 3.78. The molecule has 1 N–H and O–H groups in total. The second-order valence-electron chi connectivity index (χ2n) is 7.11. The van der Waals surface area contributed by atoms with E-state index in [-0.39, 0.29) is 47.9 Å². The van der Waals surface area contributed by atoms with Crippen molar-refractivity contribution in [3.8, 4) is 0 Å². The topological polar surface area (TPSA) is 66.5 Å². The summed E-state index contributed by atoms with van der Waals surface area (Å²) in [5.74, 6) is -0.855. The van der Waals surface area contributed by atoms with Crippen molar-refractivity contribution in [2.24, 2.45) is 23.7 Å². The maximum Gasteiger partial charge on any atom is 0.244 e. The van der Waals surface area contributed by atoms with Crippen LogP contribution in [0.15, 0.2) is 30.4 Å². The lowest BCUT2D eigenvalue weighted by Gasteiger charge is -2.17. The fourth-order valence-corrected chi connectivity index (χ4v) is 4.28. The Morgan fingerprint density at radius 2 is 1.71 bits per heavy atom. The van der Waals surface area contributed by atoms with Crippen molar-refractivity contribution < 1.29 is 14.4 Å². The zero-order chi connectivity index (χ0) is 17.0. The van der Waals surface area contributed by atoms with Crippen LogP contribution in [0, 0.1) is 37.5 Å². The van der Waals surface area contributed by atoms with Crippen molar-refractivity contribution in [2.75, 3.05) is 11.9 Å².